The van der Waals surface area contributed by atoms with Gasteiger partial charge in [0, 0.05) is 16.6 Å². The van der Waals surface area contributed by atoms with Gasteiger partial charge in [0.2, 0.25) is 0 Å². The van der Waals surface area contributed by atoms with E-state index in [0.717, 1.165) is 22.0 Å². The van der Waals surface area contributed by atoms with Gasteiger partial charge in [-0.2, -0.15) is 5.10 Å². The number of hydrogen-bond acceptors (Lipinski definition) is 4. The number of anilines is 1. The van der Waals surface area contributed by atoms with Crippen LogP contribution in [0, 0.1) is 6.92 Å². The van der Waals surface area contributed by atoms with E-state index in [2.05, 4.69) is 34.9 Å². The molecule has 1 aromatic carbocycles. The lowest BCUT2D eigenvalue weighted by Crippen LogP contribution is -2.24. The minimum absolute atomic E-state index is 0.441. The Balaban J connectivity index is 1.95. The van der Waals surface area contributed by atoms with Gasteiger partial charge in [-0.15, -0.1) is 11.3 Å². The summed E-state index contributed by atoms with van der Waals surface area (Å²) < 4.78 is 5.16. The lowest BCUT2D eigenvalue weighted by Gasteiger charge is -2.08. The van der Waals surface area contributed by atoms with Crippen LogP contribution in [0.2, 0.25) is 0 Å². The largest absolute Gasteiger partial charge is 0.497 e. The number of rotatable bonds is 4. The number of thiophene rings is 1. The molecule has 0 radical (unpaired) electrons. The number of hydrogen-bond donors (Lipinski definition) is 2. The van der Waals surface area contributed by atoms with E-state index in [4.69, 9.17) is 17.0 Å². The van der Waals surface area contributed by atoms with Gasteiger partial charge in [0.1, 0.15) is 5.75 Å². The number of nitrogens with one attached hydrogen (secondary N) is 2. The van der Waals surface area contributed by atoms with Gasteiger partial charge >= 0.3 is 0 Å². The predicted octanol–water partition coefficient (Wildman–Crippen LogP) is 3.78. The Labute approximate surface area is 133 Å². The molecule has 0 unspecified atom stereocenters. The molecule has 110 valence electrons. The fourth-order valence-electron chi connectivity index (χ4n) is 1.68. The van der Waals surface area contributed by atoms with E-state index in [0.29, 0.717) is 5.11 Å². The molecule has 0 aliphatic rings. The molecule has 6 heteroatoms. The number of aryl methyl sites for hydroxylation is 1. The number of hydrazone groups is 1. The van der Waals surface area contributed by atoms with E-state index in [1.165, 1.54) is 4.88 Å². The predicted molar refractivity (Wildman–Crippen MR) is 93.6 cm³/mol. The molecule has 0 fully saturated rings. The summed E-state index contributed by atoms with van der Waals surface area (Å²) in [6.45, 7) is 4.02. The van der Waals surface area contributed by atoms with Gasteiger partial charge in [-0.3, -0.25) is 5.43 Å². The third kappa shape index (κ3) is 4.54. The first-order valence-corrected chi connectivity index (χ1v) is 7.63. The van der Waals surface area contributed by atoms with Gasteiger partial charge in [-0.1, -0.05) is 6.07 Å². The van der Waals surface area contributed by atoms with Crippen molar-refractivity contribution in [3.05, 3.63) is 46.2 Å². The summed E-state index contributed by atoms with van der Waals surface area (Å²) in [5.41, 5.74) is 4.61. The molecule has 2 N–H and O–H groups in total. The molecule has 0 saturated heterocycles. The van der Waals surface area contributed by atoms with E-state index >= 15 is 0 Å². The highest BCUT2D eigenvalue weighted by Crippen LogP contribution is 2.17. The standard InChI is InChI=1S/C15H17N3OS2/c1-10-7-8-14(21-10)11(2)17-18-15(20)16-12-5-4-6-13(9-12)19-3/h4-9H,1-3H3,(H2,16,18,20)/b17-11-. The van der Waals surface area contributed by atoms with Gasteiger partial charge in [0.25, 0.3) is 0 Å². The molecule has 0 atom stereocenters. The van der Waals surface area contributed by atoms with Gasteiger partial charge in [0.15, 0.2) is 5.11 Å². The fraction of sp³-hybridized carbons (Fsp3) is 0.200. The van der Waals surface area contributed by atoms with Crippen molar-refractivity contribution in [2.45, 2.75) is 13.8 Å². The molecular weight excluding hydrogens is 302 g/mol. The number of thiocarbonyl (C=S) groups is 1. The molecule has 0 amide bonds. The zero-order valence-corrected chi connectivity index (χ0v) is 13.8. The Morgan fingerprint density at radius 2 is 2.10 bits per heavy atom. The molecule has 1 aromatic heterocycles. The van der Waals surface area contributed by atoms with Crippen molar-refractivity contribution in [2.24, 2.45) is 5.10 Å². The van der Waals surface area contributed by atoms with Crippen molar-refractivity contribution in [1.82, 2.24) is 5.43 Å². The monoisotopic (exact) mass is 319 g/mol. The van der Waals surface area contributed by atoms with Crippen molar-refractivity contribution < 1.29 is 4.74 Å². The topological polar surface area (TPSA) is 45.6 Å². The van der Waals surface area contributed by atoms with Crippen LogP contribution < -0.4 is 15.5 Å². The lowest BCUT2D eigenvalue weighted by atomic mass is 10.3. The first-order valence-electron chi connectivity index (χ1n) is 6.40. The highest BCUT2D eigenvalue weighted by Gasteiger charge is 2.02. The number of benzene rings is 1. The minimum atomic E-state index is 0.441. The molecule has 1 heterocycles. The van der Waals surface area contributed by atoms with E-state index in [1.54, 1.807) is 18.4 Å². The smallest absolute Gasteiger partial charge is 0.191 e. The molecule has 0 saturated carbocycles. The summed E-state index contributed by atoms with van der Waals surface area (Å²) in [5.74, 6) is 0.775. The van der Waals surface area contributed by atoms with Gasteiger partial charge in [-0.25, -0.2) is 0 Å². The van der Waals surface area contributed by atoms with Crippen molar-refractivity contribution in [1.29, 1.82) is 0 Å². The second-order valence-electron chi connectivity index (χ2n) is 4.41. The SMILES string of the molecule is COc1cccc(NC(=S)N/N=C(/C)c2ccc(C)s2)c1. The molecule has 21 heavy (non-hydrogen) atoms. The first-order chi connectivity index (χ1) is 10.1. The summed E-state index contributed by atoms with van der Waals surface area (Å²) in [6.07, 6.45) is 0. The third-order valence-corrected chi connectivity index (χ3v) is 4.05. The number of methoxy groups -OCH3 is 1. The van der Waals surface area contributed by atoms with E-state index in [1.807, 2.05) is 31.2 Å². The number of nitrogens with zero attached hydrogens (tertiary/aromatic N) is 1. The van der Waals surface area contributed by atoms with Crippen LogP contribution in [0.4, 0.5) is 5.69 Å². The summed E-state index contributed by atoms with van der Waals surface area (Å²) in [4.78, 5) is 2.39. The van der Waals surface area contributed by atoms with Crippen LogP contribution in [0.3, 0.4) is 0 Å². The van der Waals surface area contributed by atoms with Crippen molar-refractivity contribution in [3.63, 3.8) is 0 Å². The Kier molecular flexibility index (Phi) is 5.30. The zero-order valence-electron chi connectivity index (χ0n) is 12.1. The Bertz CT molecular complexity index is 664. The van der Waals surface area contributed by atoms with Crippen LogP contribution in [0.5, 0.6) is 5.75 Å². The maximum Gasteiger partial charge on any atom is 0.191 e. The third-order valence-electron chi connectivity index (χ3n) is 2.75. The first kappa shape index (κ1) is 15.5. The molecule has 0 spiro atoms. The van der Waals surface area contributed by atoms with Crippen LogP contribution >= 0.6 is 23.6 Å². The average molecular weight is 319 g/mol. The Morgan fingerprint density at radius 1 is 1.29 bits per heavy atom. The molecule has 2 aromatic rings. The van der Waals surface area contributed by atoms with E-state index in [-0.39, 0.29) is 0 Å². The maximum absolute atomic E-state index is 5.22. The van der Waals surface area contributed by atoms with Crippen LogP contribution in [0.15, 0.2) is 41.5 Å². The van der Waals surface area contributed by atoms with Gasteiger partial charge < -0.3 is 10.1 Å². The molecule has 2 rings (SSSR count). The summed E-state index contributed by atoms with van der Waals surface area (Å²) in [5, 5.41) is 7.79. The zero-order chi connectivity index (χ0) is 15.2. The molecule has 0 aliphatic carbocycles. The maximum atomic E-state index is 5.22. The molecule has 4 nitrogen and oxygen atoms in total. The second-order valence-corrected chi connectivity index (χ2v) is 6.10. The van der Waals surface area contributed by atoms with E-state index < -0.39 is 0 Å². The van der Waals surface area contributed by atoms with Crippen molar-refractivity contribution >= 4 is 40.1 Å². The van der Waals surface area contributed by atoms with Gasteiger partial charge in [0.05, 0.1) is 17.7 Å². The summed E-state index contributed by atoms with van der Waals surface area (Å²) >= 11 is 6.93. The van der Waals surface area contributed by atoms with Crippen molar-refractivity contribution in [2.75, 3.05) is 12.4 Å². The Morgan fingerprint density at radius 3 is 2.76 bits per heavy atom. The van der Waals surface area contributed by atoms with Crippen LogP contribution in [0.25, 0.3) is 0 Å². The summed E-state index contributed by atoms with van der Waals surface area (Å²) in [7, 11) is 1.63. The highest BCUT2D eigenvalue weighted by molar-refractivity contribution is 7.80. The fourth-order valence-corrected chi connectivity index (χ4v) is 2.65. The second kappa shape index (κ2) is 7.19. The lowest BCUT2D eigenvalue weighted by molar-refractivity contribution is 0.415. The minimum Gasteiger partial charge on any atom is -0.497 e. The quantitative estimate of drug-likeness (QED) is 0.511. The molecule has 0 bridgehead atoms. The molecular formula is C15H17N3OS2. The van der Waals surface area contributed by atoms with E-state index in [9.17, 15) is 0 Å². The van der Waals surface area contributed by atoms with Crippen LogP contribution in [-0.4, -0.2) is 17.9 Å². The highest BCUT2D eigenvalue weighted by atomic mass is 32.1. The molecule has 0 aliphatic heterocycles. The Hall–Kier alpha value is -1.92. The average Bonchev–Trinajstić information content (AvgIpc) is 2.91. The number of ether oxygens (including phenoxy) is 1. The van der Waals surface area contributed by atoms with Gasteiger partial charge in [-0.05, 0) is 50.3 Å². The van der Waals surface area contributed by atoms with Crippen LogP contribution in [-0.2, 0) is 0 Å². The van der Waals surface area contributed by atoms with Crippen molar-refractivity contribution in [3.8, 4) is 5.75 Å². The van der Waals surface area contributed by atoms with Crippen LogP contribution in [0.1, 0.15) is 16.7 Å². The normalized spacial score (nSPS) is 11.1. The summed E-state index contributed by atoms with van der Waals surface area (Å²) in [6, 6.07) is 11.7.